The van der Waals surface area contributed by atoms with Crippen LogP contribution in [0.5, 0.6) is 5.75 Å². The first kappa shape index (κ1) is 14.7. The molecule has 5 heteroatoms. The van der Waals surface area contributed by atoms with Gasteiger partial charge in [0.05, 0.1) is 17.3 Å². The number of rotatable bonds is 2. The molecule has 110 valence electrons. The summed E-state index contributed by atoms with van der Waals surface area (Å²) in [5.74, 6) is 0.748. The van der Waals surface area contributed by atoms with E-state index in [1.165, 1.54) is 0 Å². The molecule has 0 amide bonds. The van der Waals surface area contributed by atoms with Gasteiger partial charge in [0.15, 0.2) is 0 Å². The molecule has 1 aliphatic heterocycles. The van der Waals surface area contributed by atoms with Crippen LogP contribution < -0.4 is 10.1 Å². The Morgan fingerprint density at radius 1 is 1.33 bits per heavy atom. The van der Waals surface area contributed by atoms with Crippen LogP contribution in [-0.2, 0) is 6.42 Å². The molecule has 2 N–H and O–H groups in total. The molecule has 1 unspecified atom stereocenters. The average Bonchev–Trinajstić information content (AvgIpc) is 2.48. The fraction of sp³-hybridized carbons (Fsp3) is 0.250. The van der Waals surface area contributed by atoms with Crippen molar-refractivity contribution in [2.24, 2.45) is 0 Å². The second-order valence-corrected chi connectivity index (χ2v) is 6.24. The van der Waals surface area contributed by atoms with Crippen molar-refractivity contribution in [3.63, 3.8) is 0 Å². The van der Waals surface area contributed by atoms with E-state index in [-0.39, 0.29) is 0 Å². The highest BCUT2D eigenvalue weighted by Crippen LogP contribution is 2.45. The zero-order valence-corrected chi connectivity index (χ0v) is 13.8. The SMILES string of the molecule is COc1c(-c2ccc(Cl)cc2)cc2c(c1Br)NC(O)CC2. The predicted molar refractivity (Wildman–Crippen MR) is 89.1 cm³/mol. The number of anilines is 1. The third-order valence-electron chi connectivity index (χ3n) is 3.66. The molecule has 21 heavy (non-hydrogen) atoms. The second kappa shape index (κ2) is 5.87. The van der Waals surface area contributed by atoms with Crippen molar-refractivity contribution in [2.45, 2.75) is 19.1 Å². The van der Waals surface area contributed by atoms with E-state index in [1.807, 2.05) is 24.3 Å². The van der Waals surface area contributed by atoms with Crippen molar-refractivity contribution in [2.75, 3.05) is 12.4 Å². The van der Waals surface area contributed by atoms with Gasteiger partial charge in [-0.3, -0.25) is 0 Å². The van der Waals surface area contributed by atoms with Crippen molar-refractivity contribution in [1.29, 1.82) is 0 Å². The van der Waals surface area contributed by atoms with Crippen LogP contribution in [-0.4, -0.2) is 18.4 Å². The number of fused-ring (bicyclic) bond motifs is 1. The number of methoxy groups -OCH3 is 1. The second-order valence-electron chi connectivity index (χ2n) is 5.01. The minimum atomic E-state index is -0.514. The fourth-order valence-corrected chi connectivity index (χ4v) is 3.48. The topological polar surface area (TPSA) is 41.5 Å². The highest BCUT2D eigenvalue weighted by Gasteiger charge is 2.23. The summed E-state index contributed by atoms with van der Waals surface area (Å²) in [5, 5.41) is 13.6. The monoisotopic (exact) mass is 367 g/mol. The van der Waals surface area contributed by atoms with Crippen molar-refractivity contribution in [3.05, 3.63) is 45.4 Å². The standard InChI is InChI=1S/C16H15BrClNO2/c1-21-16-12(9-2-5-11(18)6-3-9)8-10-4-7-13(20)19-15(10)14(16)17/h2-3,5-6,8,13,19-20H,4,7H2,1H3. The van der Waals surface area contributed by atoms with E-state index in [2.05, 4.69) is 27.3 Å². The lowest BCUT2D eigenvalue weighted by atomic mass is 9.95. The van der Waals surface area contributed by atoms with Crippen LogP contribution in [0.4, 0.5) is 5.69 Å². The third-order valence-corrected chi connectivity index (χ3v) is 4.67. The average molecular weight is 369 g/mol. The molecule has 0 aliphatic carbocycles. The molecule has 0 radical (unpaired) electrons. The number of aliphatic hydroxyl groups is 1. The first-order valence-corrected chi connectivity index (χ1v) is 7.87. The number of benzene rings is 2. The van der Waals surface area contributed by atoms with Gasteiger partial charge in [-0.25, -0.2) is 0 Å². The zero-order valence-electron chi connectivity index (χ0n) is 11.5. The van der Waals surface area contributed by atoms with Crippen molar-refractivity contribution in [3.8, 4) is 16.9 Å². The number of aryl methyl sites for hydroxylation is 1. The Balaban J connectivity index is 2.17. The van der Waals surface area contributed by atoms with E-state index >= 15 is 0 Å². The molecule has 0 saturated heterocycles. The van der Waals surface area contributed by atoms with Crippen LogP contribution in [0, 0.1) is 0 Å². The highest BCUT2D eigenvalue weighted by atomic mass is 79.9. The quantitative estimate of drug-likeness (QED) is 0.822. The molecular formula is C16H15BrClNO2. The summed E-state index contributed by atoms with van der Waals surface area (Å²) in [6.45, 7) is 0. The van der Waals surface area contributed by atoms with Crippen molar-refractivity contribution in [1.82, 2.24) is 0 Å². The van der Waals surface area contributed by atoms with Crippen LogP contribution in [0.2, 0.25) is 5.02 Å². The van der Waals surface area contributed by atoms with Gasteiger partial charge >= 0.3 is 0 Å². The Morgan fingerprint density at radius 2 is 2.05 bits per heavy atom. The van der Waals surface area contributed by atoms with Crippen LogP contribution in [0.3, 0.4) is 0 Å². The smallest absolute Gasteiger partial charge is 0.142 e. The van der Waals surface area contributed by atoms with Gasteiger partial charge in [0.2, 0.25) is 0 Å². The molecule has 3 rings (SSSR count). The summed E-state index contributed by atoms with van der Waals surface area (Å²) in [4.78, 5) is 0. The van der Waals surface area contributed by atoms with E-state index in [4.69, 9.17) is 16.3 Å². The number of hydrogen-bond acceptors (Lipinski definition) is 3. The molecule has 1 aliphatic rings. The summed E-state index contributed by atoms with van der Waals surface area (Å²) in [6, 6.07) is 9.80. The molecule has 3 nitrogen and oxygen atoms in total. The summed E-state index contributed by atoms with van der Waals surface area (Å²) >= 11 is 9.55. The van der Waals surface area contributed by atoms with Gasteiger partial charge in [0, 0.05) is 10.6 Å². The lowest BCUT2D eigenvalue weighted by molar-refractivity contribution is 0.189. The first-order valence-electron chi connectivity index (χ1n) is 6.70. The Labute approximate surface area is 137 Å². The number of nitrogens with one attached hydrogen (secondary N) is 1. The van der Waals surface area contributed by atoms with Gasteiger partial charge in [-0.15, -0.1) is 0 Å². The van der Waals surface area contributed by atoms with Crippen LogP contribution >= 0.6 is 27.5 Å². The normalized spacial score (nSPS) is 17.0. The molecule has 2 aromatic rings. The van der Waals surface area contributed by atoms with E-state index in [9.17, 15) is 5.11 Å². The van der Waals surface area contributed by atoms with Gasteiger partial charge in [-0.2, -0.15) is 0 Å². The number of halogens is 2. The maximum Gasteiger partial charge on any atom is 0.142 e. The Bertz CT molecular complexity index is 673. The summed E-state index contributed by atoms with van der Waals surface area (Å²) < 4.78 is 6.40. The van der Waals surface area contributed by atoms with E-state index < -0.39 is 6.23 Å². The van der Waals surface area contributed by atoms with E-state index in [0.717, 1.165) is 39.0 Å². The fourth-order valence-electron chi connectivity index (χ4n) is 2.61. The minimum absolute atomic E-state index is 0.514. The summed E-state index contributed by atoms with van der Waals surface area (Å²) in [6.07, 6.45) is 1.01. The molecule has 0 bridgehead atoms. The Hall–Kier alpha value is -1.23. The molecular weight excluding hydrogens is 354 g/mol. The zero-order chi connectivity index (χ0) is 15.0. The summed E-state index contributed by atoms with van der Waals surface area (Å²) in [7, 11) is 1.64. The van der Waals surface area contributed by atoms with Crippen LogP contribution in [0.1, 0.15) is 12.0 Å². The predicted octanol–water partition coefficient (Wildman–Crippen LogP) is 4.45. The molecule has 0 spiro atoms. The van der Waals surface area contributed by atoms with Gasteiger partial charge in [-0.1, -0.05) is 23.7 Å². The van der Waals surface area contributed by atoms with Gasteiger partial charge in [0.1, 0.15) is 12.0 Å². The van der Waals surface area contributed by atoms with E-state index in [1.54, 1.807) is 7.11 Å². The van der Waals surface area contributed by atoms with Crippen LogP contribution in [0.15, 0.2) is 34.8 Å². The van der Waals surface area contributed by atoms with Gasteiger partial charge in [-0.05, 0) is 58.1 Å². The third kappa shape index (κ3) is 2.76. The molecule has 0 fully saturated rings. The lowest BCUT2D eigenvalue weighted by Crippen LogP contribution is -2.25. The maximum absolute atomic E-state index is 9.77. The Morgan fingerprint density at radius 3 is 2.71 bits per heavy atom. The number of aliphatic hydroxyl groups excluding tert-OH is 1. The Kier molecular flexibility index (Phi) is 4.11. The molecule has 2 aromatic carbocycles. The van der Waals surface area contributed by atoms with Crippen LogP contribution in [0.25, 0.3) is 11.1 Å². The molecule has 0 saturated carbocycles. The highest BCUT2D eigenvalue weighted by molar-refractivity contribution is 9.10. The minimum Gasteiger partial charge on any atom is -0.495 e. The van der Waals surface area contributed by atoms with Crippen molar-refractivity contribution >= 4 is 33.2 Å². The number of hydrogen-bond donors (Lipinski definition) is 2. The largest absolute Gasteiger partial charge is 0.495 e. The number of ether oxygens (including phenoxy) is 1. The van der Waals surface area contributed by atoms with Gasteiger partial charge in [0.25, 0.3) is 0 Å². The van der Waals surface area contributed by atoms with Crippen molar-refractivity contribution < 1.29 is 9.84 Å². The van der Waals surface area contributed by atoms with E-state index in [0.29, 0.717) is 11.4 Å². The maximum atomic E-state index is 9.77. The molecule has 0 aromatic heterocycles. The summed E-state index contributed by atoms with van der Waals surface area (Å²) in [5.41, 5.74) is 4.13. The molecule has 1 atom stereocenters. The molecule has 1 heterocycles. The first-order chi connectivity index (χ1) is 10.1. The lowest BCUT2D eigenvalue weighted by Gasteiger charge is -2.26. The van der Waals surface area contributed by atoms with Gasteiger partial charge < -0.3 is 15.2 Å².